The molecule has 4 rings (SSSR count). The molecule has 0 atom stereocenters. The highest BCUT2D eigenvalue weighted by Gasteiger charge is 2.09. The van der Waals surface area contributed by atoms with Gasteiger partial charge < -0.3 is 9.73 Å². The second-order valence-corrected chi connectivity index (χ2v) is 5.19. The van der Waals surface area contributed by atoms with Gasteiger partial charge in [0.2, 0.25) is 5.95 Å². The lowest BCUT2D eigenvalue weighted by molar-refractivity contribution is 0.627. The monoisotopic (exact) mass is 318 g/mol. The summed E-state index contributed by atoms with van der Waals surface area (Å²) in [6.07, 6.45) is 7.39. The van der Waals surface area contributed by atoms with E-state index in [1.54, 1.807) is 24.8 Å². The normalized spacial score (nSPS) is 10.8. The average molecular weight is 318 g/mol. The number of para-hydroxylation sites is 1. The molecule has 0 saturated carbocycles. The zero-order chi connectivity index (χ0) is 16.2. The number of hydrogen-bond acceptors (Lipinski definition) is 7. The molecule has 0 aliphatic carbocycles. The van der Waals surface area contributed by atoms with E-state index in [1.807, 2.05) is 30.3 Å². The van der Waals surface area contributed by atoms with Gasteiger partial charge in [0, 0.05) is 36.9 Å². The molecule has 0 amide bonds. The number of benzene rings is 1. The van der Waals surface area contributed by atoms with Crippen LogP contribution in [0.25, 0.3) is 22.4 Å². The Morgan fingerprint density at radius 3 is 2.92 bits per heavy atom. The zero-order valence-electron chi connectivity index (χ0n) is 12.8. The van der Waals surface area contributed by atoms with E-state index >= 15 is 0 Å². The Labute approximate surface area is 137 Å². The number of anilines is 1. The lowest BCUT2D eigenvalue weighted by Crippen LogP contribution is -2.09. The molecule has 4 aromatic rings. The Morgan fingerprint density at radius 2 is 2.04 bits per heavy atom. The van der Waals surface area contributed by atoms with Crippen LogP contribution in [-0.2, 0) is 6.42 Å². The summed E-state index contributed by atoms with van der Waals surface area (Å²) in [5.74, 6) is 1.12. The quantitative estimate of drug-likeness (QED) is 0.605. The molecule has 7 heteroatoms. The summed E-state index contributed by atoms with van der Waals surface area (Å²) >= 11 is 0. The van der Waals surface area contributed by atoms with Gasteiger partial charge in [-0.3, -0.25) is 9.97 Å². The Balaban J connectivity index is 1.49. The summed E-state index contributed by atoms with van der Waals surface area (Å²) in [4.78, 5) is 12.7. The molecule has 0 bridgehead atoms. The largest absolute Gasteiger partial charge is 0.454 e. The first-order valence-corrected chi connectivity index (χ1v) is 7.56. The molecule has 0 aliphatic rings. The van der Waals surface area contributed by atoms with E-state index in [-0.39, 0.29) is 0 Å². The minimum Gasteiger partial charge on any atom is -0.454 e. The van der Waals surface area contributed by atoms with Crippen molar-refractivity contribution in [3.05, 3.63) is 60.8 Å². The first-order chi connectivity index (χ1) is 11.9. The number of furan rings is 1. The van der Waals surface area contributed by atoms with Gasteiger partial charge in [0.15, 0.2) is 5.76 Å². The SMILES string of the molecule is c1ccc2oc(-c3cnnc(NCCc4cnccn4)n3)cc2c1. The van der Waals surface area contributed by atoms with Crippen molar-refractivity contribution in [3.63, 3.8) is 0 Å². The molecule has 24 heavy (non-hydrogen) atoms. The van der Waals surface area contributed by atoms with Gasteiger partial charge in [-0.2, -0.15) is 5.10 Å². The second kappa shape index (κ2) is 6.41. The summed E-state index contributed by atoms with van der Waals surface area (Å²) < 4.78 is 5.81. The summed E-state index contributed by atoms with van der Waals surface area (Å²) in [6.45, 7) is 0.643. The van der Waals surface area contributed by atoms with Crippen LogP contribution in [0.1, 0.15) is 5.69 Å². The molecular formula is C17H14N6O. The van der Waals surface area contributed by atoms with Crippen molar-refractivity contribution in [2.45, 2.75) is 6.42 Å². The van der Waals surface area contributed by atoms with E-state index in [9.17, 15) is 0 Å². The topological polar surface area (TPSA) is 89.6 Å². The van der Waals surface area contributed by atoms with Gasteiger partial charge >= 0.3 is 0 Å². The highest BCUT2D eigenvalue weighted by atomic mass is 16.3. The van der Waals surface area contributed by atoms with Gasteiger partial charge in [-0.1, -0.05) is 18.2 Å². The van der Waals surface area contributed by atoms with Gasteiger partial charge in [-0.05, 0) is 12.1 Å². The number of nitrogens with zero attached hydrogens (tertiary/aromatic N) is 5. The molecule has 0 saturated heterocycles. The van der Waals surface area contributed by atoms with Crippen molar-refractivity contribution in [1.82, 2.24) is 25.1 Å². The molecule has 0 spiro atoms. The van der Waals surface area contributed by atoms with Gasteiger partial charge in [-0.15, -0.1) is 5.10 Å². The van der Waals surface area contributed by atoms with Crippen LogP contribution in [0.5, 0.6) is 0 Å². The van der Waals surface area contributed by atoms with Gasteiger partial charge in [0.1, 0.15) is 11.3 Å². The third-order valence-corrected chi connectivity index (χ3v) is 3.52. The van der Waals surface area contributed by atoms with Crippen LogP contribution in [0.4, 0.5) is 5.95 Å². The minimum atomic E-state index is 0.455. The van der Waals surface area contributed by atoms with Crippen LogP contribution >= 0.6 is 0 Å². The molecule has 118 valence electrons. The van der Waals surface area contributed by atoms with Crippen molar-refractivity contribution >= 4 is 16.9 Å². The van der Waals surface area contributed by atoms with Crippen molar-refractivity contribution in [3.8, 4) is 11.5 Å². The van der Waals surface area contributed by atoms with Crippen molar-refractivity contribution in [2.24, 2.45) is 0 Å². The summed E-state index contributed by atoms with van der Waals surface area (Å²) in [5.41, 5.74) is 2.37. The highest BCUT2D eigenvalue weighted by molar-refractivity contribution is 5.81. The van der Waals surface area contributed by atoms with Gasteiger partial charge in [0.05, 0.1) is 11.9 Å². The van der Waals surface area contributed by atoms with E-state index in [0.29, 0.717) is 23.9 Å². The van der Waals surface area contributed by atoms with Crippen molar-refractivity contribution in [1.29, 1.82) is 0 Å². The zero-order valence-corrected chi connectivity index (χ0v) is 12.8. The van der Waals surface area contributed by atoms with E-state index in [4.69, 9.17) is 4.42 Å². The first-order valence-electron chi connectivity index (χ1n) is 7.56. The third kappa shape index (κ3) is 3.05. The van der Waals surface area contributed by atoms with E-state index in [0.717, 1.165) is 23.1 Å². The van der Waals surface area contributed by atoms with Crippen LogP contribution in [-0.4, -0.2) is 31.7 Å². The number of rotatable bonds is 5. The molecule has 0 radical (unpaired) electrons. The second-order valence-electron chi connectivity index (χ2n) is 5.19. The Hall–Kier alpha value is -3.35. The Kier molecular flexibility index (Phi) is 3.81. The molecule has 1 N–H and O–H groups in total. The molecule has 7 nitrogen and oxygen atoms in total. The predicted octanol–water partition coefficient (Wildman–Crippen LogP) is 2.73. The van der Waals surface area contributed by atoms with Crippen LogP contribution < -0.4 is 5.32 Å². The average Bonchev–Trinajstić information content (AvgIpc) is 3.07. The fraction of sp³-hybridized carbons (Fsp3) is 0.118. The van der Waals surface area contributed by atoms with E-state index in [2.05, 4.69) is 30.5 Å². The van der Waals surface area contributed by atoms with Crippen molar-refractivity contribution in [2.75, 3.05) is 11.9 Å². The maximum absolute atomic E-state index is 5.81. The summed E-state index contributed by atoms with van der Waals surface area (Å²) in [5, 5.41) is 12.2. The molecule has 0 aliphatic heterocycles. The van der Waals surface area contributed by atoms with Gasteiger partial charge in [-0.25, -0.2) is 4.98 Å². The van der Waals surface area contributed by atoms with E-state index in [1.165, 1.54) is 0 Å². The Bertz CT molecular complexity index is 920. The molecule has 1 aromatic carbocycles. The fourth-order valence-electron chi connectivity index (χ4n) is 2.37. The lowest BCUT2D eigenvalue weighted by Gasteiger charge is -2.04. The Morgan fingerprint density at radius 1 is 1.08 bits per heavy atom. The third-order valence-electron chi connectivity index (χ3n) is 3.52. The first kappa shape index (κ1) is 14.3. The molecule has 0 unspecified atom stereocenters. The van der Waals surface area contributed by atoms with Crippen LogP contribution in [0.15, 0.2) is 59.5 Å². The summed E-state index contributed by atoms with van der Waals surface area (Å²) in [7, 11) is 0. The molecule has 0 fully saturated rings. The number of aromatic nitrogens is 5. The molecular weight excluding hydrogens is 304 g/mol. The summed E-state index contributed by atoms with van der Waals surface area (Å²) in [6, 6.07) is 9.78. The maximum Gasteiger partial charge on any atom is 0.243 e. The highest BCUT2D eigenvalue weighted by Crippen LogP contribution is 2.26. The predicted molar refractivity (Wildman–Crippen MR) is 89.3 cm³/mol. The number of hydrogen-bond donors (Lipinski definition) is 1. The molecule has 3 aromatic heterocycles. The van der Waals surface area contributed by atoms with E-state index < -0.39 is 0 Å². The van der Waals surface area contributed by atoms with Crippen LogP contribution in [0, 0.1) is 0 Å². The van der Waals surface area contributed by atoms with Crippen LogP contribution in [0.3, 0.4) is 0 Å². The standard InChI is InChI=1S/C17H14N6O/c1-2-4-15-12(3-1)9-16(24-15)14-11-21-23-17(22-14)20-6-5-13-10-18-7-8-19-13/h1-4,7-11H,5-6H2,(H,20,22,23). The number of fused-ring (bicyclic) bond motifs is 1. The fourth-order valence-corrected chi connectivity index (χ4v) is 2.37. The minimum absolute atomic E-state index is 0.455. The lowest BCUT2D eigenvalue weighted by atomic mass is 10.2. The smallest absolute Gasteiger partial charge is 0.243 e. The molecule has 3 heterocycles. The maximum atomic E-state index is 5.81. The van der Waals surface area contributed by atoms with Crippen molar-refractivity contribution < 1.29 is 4.42 Å². The number of nitrogens with one attached hydrogen (secondary N) is 1. The van der Waals surface area contributed by atoms with Gasteiger partial charge in [0.25, 0.3) is 0 Å². The van der Waals surface area contributed by atoms with Crippen LogP contribution in [0.2, 0.25) is 0 Å².